The van der Waals surface area contributed by atoms with Gasteiger partial charge in [0.2, 0.25) is 0 Å². The predicted molar refractivity (Wildman–Crippen MR) is 77.7 cm³/mol. The summed E-state index contributed by atoms with van der Waals surface area (Å²) in [6.45, 7) is 0.208. The standard InChI is InChI=1S/C16H23NO3/c18-11-10-13-6-8-15(9-7-13)20-12-16(19)17-14-4-2-1-3-5-14/h6-9,14,18H,1-5,10-12H2,(H,17,19). The highest BCUT2D eigenvalue weighted by Crippen LogP contribution is 2.17. The number of aliphatic hydroxyl groups is 1. The van der Waals surface area contributed by atoms with E-state index in [4.69, 9.17) is 9.84 Å². The van der Waals surface area contributed by atoms with Crippen molar-refractivity contribution in [1.82, 2.24) is 5.32 Å². The predicted octanol–water partition coefficient (Wildman–Crippen LogP) is 2.05. The molecule has 0 radical (unpaired) electrons. The Hall–Kier alpha value is -1.55. The molecule has 20 heavy (non-hydrogen) atoms. The lowest BCUT2D eigenvalue weighted by Gasteiger charge is -2.22. The highest BCUT2D eigenvalue weighted by molar-refractivity contribution is 5.77. The molecule has 0 saturated heterocycles. The molecular formula is C16H23NO3. The van der Waals surface area contributed by atoms with E-state index in [-0.39, 0.29) is 19.1 Å². The summed E-state index contributed by atoms with van der Waals surface area (Å²) in [4.78, 5) is 11.8. The van der Waals surface area contributed by atoms with Crippen LogP contribution in [0.1, 0.15) is 37.7 Å². The largest absolute Gasteiger partial charge is 0.484 e. The number of hydrogen-bond donors (Lipinski definition) is 2. The first-order chi connectivity index (χ1) is 9.78. The van der Waals surface area contributed by atoms with Gasteiger partial charge in [0.05, 0.1) is 0 Å². The van der Waals surface area contributed by atoms with E-state index in [9.17, 15) is 4.79 Å². The summed E-state index contributed by atoms with van der Waals surface area (Å²) in [5.41, 5.74) is 1.06. The monoisotopic (exact) mass is 277 g/mol. The molecule has 2 rings (SSSR count). The molecule has 1 aliphatic carbocycles. The Morgan fingerprint density at radius 1 is 1.20 bits per heavy atom. The topological polar surface area (TPSA) is 58.6 Å². The summed E-state index contributed by atoms with van der Waals surface area (Å²) in [6, 6.07) is 7.80. The number of benzene rings is 1. The molecule has 1 saturated carbocycles. The number of rotatable bonds is 6. The van der Waals surface area contributed by atoms with Crippen molar-refractivity contribution in [2.45, 2.75) is 44.6 Å². The summed E-state index contributed by atoms with van der Waals surface area (Å²) >= 11 is 0. The minimum absolute atomic E-state index is 0.0451. The van der Waals surface area contributed by atoms with Gasteiger partial charge in [0.15, 0.2) is 6.61 Å². The zero-order chi connectivity index (χ0) is 14.2. The number of nitrogens with one attached hydrogen (secondary N) is 1. The average Bonchev–Trinajstić information content (AvgIpc) is 2.48. The Morgan fingerprint density at radius 3 is 2.55 bits per heavy atom. The molecule has 4 heteroatoms. The molecule has 0 spiro atoms. The van der Waals surface area contributed by atoms with Crippen molar-refractivity contribution in [1.29, 1.82) is 0 Å². The van der Waals surface area contributed by atoms with E-state index in [1.807, 2.05) is 24.3 Å². The summed E-state index contributed by atoms with van der Waals surface area (Å²) in [5.74, 6) is 0.641. The van der Waals surface area contributed by atoms with Gasteiger partial charge in [0.1, 0.15) is 5.75 Å². The fourth-order valence-corrected chi connectivity index (χ4v) is 2.55. The summed E-state index contributed by atoms with van der Waals surface area (Å²) in [7, 11) is 0. The first-order valence-corrected chi connectivity index (χ1v) is 7.40. The van der Waals surface area contributed by atoms with Gasteiger partial charge in [0, 0.05) is 12.6 Å². The van der Waals surface area contributed by atoms with Crippen molar-refractivity contribution in [3.63, 3.8) is 0 Å². The molecule has 2 N–H and O–H groups in total. The Bertz CT molecular complexity index is 410. The summed E-state index contributed by atoms with van der Waals surface area (Å²) in [6.07, 6.45) is 6.50. The number of ether oxygens (including phenoxy) is 1. The van der Waals surface area contributed by atoms with Crippen LogP contribution in [-0.2, 0) is 11.2 Å². The molecule has 1 aromatic carbocycles. The van der Waals surface area contributed by atoms with Crippen molar-refractivity contribution < 1.29 is 14.6 Å². The van der Waals surface area contributed by atoms with E-state index in [0.29, 0.717) is 18.2 Å². The Morgan fingerprint density at radius 2 is 1.90 bits per heavy atom. The average molecular weight is 277 g/mol. The molecule has 0 bridgehead atoms. The van der Waals surface area contributed by atoms with Crippen LogP contribution < -0.4 is 10.1 Å². The quantitative estimate of drug-likeness (QED) is 0.836. The number of hydrogen-bond acceptors (Lipinski definition) is 3. The van der Waals surface area contributed by atoms with Crippen LogP contribution in [0, 0.1) is 0 Å². The number of aliphatic hydroxyl groups excluding tert-OH is 1. The molecule has 4 nitrogen and oxygen atoms in total. The van der Waals surface area contributed by atoms with Crippen LogP contribution in [-0.4, -0.2) is 30.3 Å². The van der Waals surface area contributed by atoms with E-state index in [1.165, 1.54) is 19.3 Å². The fraction of sp³-hybridized carbons (Fsp3) is 0.562. The van der Waals surface area contributed by atoms with Crippen molar-refractivity contribution >= 4 is 5.91 Å². The van der Waals surface area contributed by atoms with Crippen molar-refractivity contribution in [2.24, 2.45) is 0 Å². The fourth-order valence-electron chi connectivity index (χ4n) is 2.55. The second-order valence-electron chi connectivity index (χ2n) is 5.31. The first kappa shape index (κ1) is 14.9. The maximum absolute atomic E-state index is 11.8. The number of carbonyl (C=O) groups is 1. The van der Waals surface area contributed by atoms with Gasteiger partial charge in [-0.3, -0.25) is 4.79 Å². The van der Waals surface area contributed by atoms with Crippen LogP contribution in [0.5, 0.6) is 5.75 Å². The zero-order valence-electron chi connectivity index (χ0n) is 11.8. The molecule has 0 unspecified atom stereocenters. The maximum Gasteiger partial charge on any atom is 0.258 e. The van der Waals surface area contributed by atoms with Crippen molar-refractivity contribution in [3.05, 3.63) is 29.8 Å². The maximum atomic E-state index is 11.8. The second-order valence-corrected chi connectivity index (χ2v) is 5.31. The molecule has 110 valence electrons. The van der Waals surface area contributed by atoms with Crippen LogP contribution in [0.2, 0.25) is 0 Å². The van der Waals surface area contributed by atoms with Crippen molar-refractivity contribution in [3.8, 4) is 5.75 Å². The van der Waals surface area contributed by atoms with Crippen LogP contribution >= 0.6 is 0 Å². The van der Waals surface area contributed by atoms with E-state index >= 15 is 0 Å². The third kappa shape index (κ3) is 4.85. The van der Waals surface area contributed by atoms with E-state index in [2.05, 4.69) is 5.32 Å². The smallest absolute Gasteiger partial charge is 0.258 e. The number of amides is 1. The van der Waals surface area contributed by atoms with Crippen LogP contribution in [0.3, 0.4) is 0 Å². The molecule has 1 amide bonds. The van der Waals surface area contributed by atoms with Gasteiger partial charge >= 0.3 is 0 Å². The third-order valence-electron chi connectivity index (χ3n) is 3.66. The molecule has 0 heterocycles. The Kier molecular flexibility index (Phi) is 5.87. The van der Waals surface area contributed by atoms with Crippen LogP contribution in [0.25, 0.3) is 0 Å². The second kappa shape index (κ2) is 7.90. The summed E-state index contributed by atoms with van der Waals surface area (Å²) in [5, 5.41) is 11.9. The lowest BCUT2D eigenvalue weighted by molar-refractivity contribution is -0.124. The summed E-state index contributed by atoms with van der Waals surface area (Å²) < 4.78 is 5.47. The van der Waals surface area contributed by atoms with Gasteiger partial charge < -0.3 is 15.2 Å². The Labute approximate surface area is 120 Å². The molecule has 0 aliphatic heterocycles. The Balaban J connectivity index is 1.72. The van der Waals surface area contributed by atoms with Gasteiger partial charge in [-0.2, -0.15) is 0 Å². The molecule has 1 fully saturated rings. The van der Waals surface area contributed by atoms with E-state index < -0.39 is 0 Å². The normalized spacial score (nSPS) is 15.8. The highest BCUT2D eigenvalue weighted by Gasteiger charge is 2.15. The van der Waals surface area contributed by atoms with Gasteiger partial charge in [0.25, 0.3) is 5.91 Å². The lowest BCUT2D eigenvalue weighted by Crippen LogP contribution is -2.38. The minimum Gasteiger partial charge on any atom is -0.484 e. The third-order valence-corrected chi connectivity index (χ3v) is 3.66. The van der Waals surface area contributed by atoms with Crippen molar-refractivity contribution in [2.75, 3.05) is 13.2 Å². The zero-order valence-corrected chi connectivity index (χ0v) is 11.8. The van der Waals surface area contributed by atoms with Gasteiger partial charge in [-0.1, -0.05) is 31.4 Å². The van der Waals surface area contributed by atoms with E-state index in [0.717, 1.165) is 18.4 Å². The molecule has 1 aromatic rings. The minimum atomic E-state index is -0.0451. The first-order valence-electron chi connectivity index (χ1n) is 7.40. The van der Waals surface area contributed by atoms with E-state index in [1.54, 1.807) is 0 Å². The molecule has 0 atom stereocenters. The van der Waals surface area contributed by atoms with Gasteiger partial charge in [-0.25, -0.2) is 0 Å². The number of carbonyl (C=O) groups excluding carboxylic acids is 1. The molecule has 1 aliphatic rings. The van der Waals surface area contributed by atoms with Gasteiger partial charge in [-0.15, -0.1) is 0 Å². The highest BCUT2D eigenvalue weighted by atomic mass is 16.5. The molecular weight excluding hydrogens is 254 g/mol. The van der Waals surface area contributed by atoms with Gasteiger partial charge in [-0.05, 0) is 37.0 Å². The SMILES string of the molecule is O=C(COc1ccc(CCO)cc1)NC1CCCCC1. The lowest BCUT2D eigenvalue weighted by atomic mass is 9.95. The van der Waals surface area contributed by atoms with Crippen LogP contribution in [0.15, 0.2) is 24.3 Å². The molecule has 0 aromatic heterocycles. The van der Waals surface area contributed by atoms with Crippen LogP contribution in [0.4, 0.5) is 0 Å².